The predicted octanol–water partition coefficient (Wildman–Crippen LogP) is 4.35. The molecule has 0 radical (unpaired) electrons. The third-order valence-corrected chi connectivity index (χ3v) is 4.82. The maximum absolute atomic E-state index is 4.76. The molecule has 1 aromatic heterocycles. The standard InChI is InChI=1S/C21H23N3/c1-2-14-24(13-1)20-9-7-17(8-10-20)15-18-5-4-12-23-21(18)19-6-3-11-22-16-19/h3,6-11,15-16H,1-2,4-5,12-14H2/b18-15+. The minimum atomic E-state index is 0.912. The molecule has 3 nitrogen and oxygen atoms in total. The van der Waals surface area contributed by atoms with Crippen LogP contribution in [-0.4, -0.2) is 30.3 Å². The van der Waals surface area contributed by atoms with E-state index in [0.717, 1.165) is 30.7 Å². The Labute approximate surface area is 143 Å². The van der Waals surface area contributed by atoms with Crippen molar-refractivity contribution in [3.63, 3.8) is 0 Å². The fourth-order valence-electron chi connectivity index (χ4n) is 3.56. The van der Waals surface area contributed by atoms with Crippen molar-refractivity contribution in [3.8, 4) is 0 Å². The van der Waals surface area contributed by atoms with Gasteiger partial charge in [0.05, 0.1) is 5.71 Å². The number of nitrogens with zero attached hydrogens (tertiary/aromatic N) is 3. The summed E-state index contributed by atoms with van der Waals surface area (Å²) in [5.74, 6) is 0. The summed E-state index contributed by atoms with van der Waals surface area (Å²) in [4.78, 5) is 11.5. The smallest absolute Gasteiger partial charge is 0.0694 e. The van der Waals surface area contributed by atoms with Crippen LogP contribution in [0.3, 0.4) is 0 Å². The SMILES string of the molecule is C(=C1/CCCN=C1c1cccnc1)/c1ccc(N2CCCC2)cc1. The first kappa shape index (κ1) is 15.1. The molecule has 4 rings (SSSR count). The molecule has 0 saturated carbocycles. The highest BCUT2D eigenvalue weighted by Gasteiger charge is 2.15. The molecule has 24 heavy (non-hydrogen) atoms. The average Bonchev–Trinajstić information content (AvgIpc) is 3.18. The highest BCUT2D eigenvalue weighted by molar-refractivity contribution is 6.15. The van der Waals surface area contributed by atoms with Gasteiger partial charge in [0.15, 0.2) is 0 Å². The number of benzene rings is 1. The van der Waals surface area contributed by atoms with Crippen molar-refractivity contribution >= 4 is 17.5 Å². The molecule has 2 aliphatic rings. The van der Waals surface area contributed by atoms with Crippen LogP contribution >= 0.6 is 0 Å². The van der Waals surface area contributed by atoms with Crippen LogP contribution in [0.1, 0.15) is 36.8 Å². The minimum Gasteiger partial charge on any atom is -0.372 e. The van der Waals surface area contributed by atoms with Gasteiger partial charge in [0.25, 0.3) is 0 Å². The van der Waals surface area contributed by atoms with Gasteiger partial charge in [0.1, 0.15) is 0 Å². The topological polar surface area (TPSA) is 28.5 Å². The van der Waals surface area contributed by atoms with Crippen LogP contribution < -0.4 is 4.90 Å². The summed E-state index contributed by atoms with van der Waals surface area (Å²) in [6.07, 6.45) is 10.9. The van der Waals surface area contributed by atoms with Gasteiger partial charge in [-0.1, -0.05) is 12.1 Å². The fourth-order valence-corrected chi connectivity index (χ4v) is 3.56. The van der Waals surface area contributed by atoms with E-state index in [1.807, 2.05) is 18.5 Å². The molecule has 2 aromatic rings. The zero-order valence-electron chi connectivity index (χ0n) is 14.0. The van der Waals surface area contributed by atoms with Gasteiger partial charge in [-0.2, -0.15) is 0 Å². The van der Waals surface area contributed by atoms with Gasteiger partial charge in [-0.3, -0.25) is 9.98 Å². The van der Waals surface area contributed by atoms with Crippen molar-refractivity contribution in [1.29, 1.82) is 0 Å². The van der Waals surface area contributed by atoms with Crippen LogP contribution in [0.25, 0.3) is 6.08 Å². The number of allylic oxidation sites excluding steroid dienone is 1. The van der Waals surface area contributed by atoms with Gasteiger partial charge >= 0.3 is 0 Å². The molecule has 2 aliphatic heterocycles. The van der Waals surface area contributed by atoms with E-state index in [-0.39, 0.29) is 0 Å². The maximum Gasteiger partial charge on any atom is 0.0694 e. The second-order valence-corrected chi connectivity index (χ2v) is 6.53. The molecule has 0 atom stereocenters. The predicted molar refractivity (Wildman–Crippen MR) is 101 cm³/mol. The van der Waals surface area contributed by atoms with Gasteiger partial charge < -0.3 is 4.90 Å². The number of anilines is 1. The fraction of sp³-hybridized carbons (Fsp3) is 0.333. The molecule has 1 aromatic carbocycles. The van der Waals surface area contributed by atoms with E-state index >= 15 is 0 Å². The zero-order valence-corrected chi connectivity index (χ0v) is 14.0. The van der Waals surface area contributed by atoms with E-state index in [2.05, 4.69) is 46.3 Å². The third-order valence-electron chi connectivity index (χ3n) is 4.82. The molecule has 0 bridgehead atoms. The number of rotatable bonds is 3. The van der Waals surface area contributed by atoms with Crippen LogP contribution in [0.15, 0.2) is 59.4 Å². The highest BCUT2D eigenvalue weighted by atomic mass is 15.1. The Morgan fingerprint density at radius 3 is 2.54 bits per heavy atom. The monoisotopic (exact) mass is 317 g/mol. The van der Waals surface area contributed by atoms with Crippen LogP contribution in [0.4, 0.5) is 5.69 Å². The number of aromatic nitrogens is 1. The number of pyridine rings is 1. The summed E-state index contributed by atoms with van der Waals surface area (Å²) in [7, 11) is 0. The first-order valence-corrected chi connectivity index (χ1v) is 8.91. The quantitative estimate of drug-likeness (QED) is 0.842. The summed E-state index contributed by atoms with van der Waals surface area (Å²) in [5, 5.41) is 0. The molecular weight excluding hydrogens is 294 g/mol. The minimum absolute atomic E-state index is 0.912. The van der Waals surface area contributed by atoms with Gasteiger partial charge in [-0.25, -0.2) is 0 Å². The van der Waals surface area contributed by atoms with Crippen LogP contribution in [0, 0.1) is 0 Å². The summed E-state index contributed by atoms with van der Waals surface area (Å²) in [6, 6.07) is 13.0. The number of aliphatic imine (C=N–C) groups is 1. The second kappa shape index (κ2) is 7.00. The van der Waals surface area contributed by atoms with Gasteiger partial charge in [0.2, 0.25) is 0 Å². The summed E-state index contributed by atoms with van der Waals surface area (Å²) in [5.41, 5.74) is 6.16. The van der Waals surface area contributed by atoms with E-state index in [0.29, 0.717) is 0 Å². The van der Waals surface area contributed by atoms with E-state index in [1.54, 1.807) is 0 Å². The first-order valence-electron chi connectivity index (χ1n) is 8.91. The van der Waals surface area contributed by atoms with Crippen LogP contribution in [-0.2, 0) is 0 Å². The lowest BCUT2D eigenvalue weighted by Gasteiger charge is -2.18. The normalized spacial score (nSPS) is 19.6. The van der Waals surface area contributed by atoms with Crippen molar-refractivity contribution in [2.24, 2.45) is 4.99 Å². The molecule has 1 fully saturated rings. The number of hydrogen-bond acceptors (Lipinski definition) is 3. The summed E-state index contributed by atoms with van der Waals surface area (Å²) in [6.45, 7) is 3.30. The Kier molecular flexibility index (Phi) is 4.41. The van der Waals surface area contributed by atoms with Gasteiger partial charge in [0, 0.05) is 43.3 Å². The maximum atomic E-state index is 4.76. The first-order chi connectivity index (χ1) is 11.9. The van der Waals surface area contributed by atoms with Crippen LogP contribution in [0.5, 0.6) is 0 Å². The molecule has 0 aliphatic carbocycles. The lowest BCUT2D eigenvalue weighted by Crippen LogP contribution is -2.17. The van der Waals surface area contributed by atoms with Crippen LogP contribution in [0.2, 0.25) is 0 Å². The molecular formula is C21H23N3. The average molecular weight is 317 g/mol. The zero-order chi connectivity index (χ0) is 16.2. The molecule has 0 N–H and O–H groups in total. The lowest BCUT2D eigenvalue weighted by atomic mass is 9.95. The van der Waals surface area contributed by atoms with Gasteiger partial charge in [-0.15, -0.1) is 0 Å². The highest BCUT2D eigenvalue weighted by Crippen LogP contribution is 2.24. The Bertz CT molecular complexity index is 738. The Morgan fingerprint density at radius 1 is 0.958 bits per heavy atom. The Hall–Kier alpha value is -2.42. The molecule has 0 spiro atoms. The van der Waals surface area contributed by atoms with Crippen molar-refractivity contribution < 1.29 is 0 Å². The molecule has 122 valence electrons. The van der Waals surface area contributed by atoms with E-state index < -0.39 is 0 Å². The second-order valence-electron chi connectivity index (χ2n) is 6.53. The summed E-state index contributed by atoms with van der Waals surface area (Å²) < 4.78 is 0. The van der Waals surface area contributed by atoms with Crippen molar-refractivity contribution in [1.82, 2.24) is 4.98 Å². The van der Waals surface area contributed by atoms with E-state index in [9.17, 15) is 0 Å². The van der Waals surface area contributed by atoms with E-state index in [1.165, 1.54) is 42.8 Å². The number of hydrogen-bond donors (Lipinski definition) is 0. The molecule has 3 heteroatoms. The van der Waals surface area contributed by atoms with E-state index in [4.69, 9.17) is 4.99 Å². The molecule has 0 amide bonds. The van der Waals surface area contributed by atoms with Gasteiger partial charge in [-0.05, 0) is 67.2 Å². The van der Waals surface area contributed by atoms with Crippen molar-refractivity contribution in [2.45, 2.75) is 25.7 Å². The molecule has 3 heterocycles. The third kappa shape index (κ3) is 3.25. The summed E-state index contributed by atoms with van der Waals surface area (Å²) >= 11 is 0. The molecule has 0 unspecified atom stereocenters. The lowest BCUT2D eigenvalue weighted by molar-refractivity contribution is 0.818. The van der Waals surface area contributed by atoms with Crippen molar-refractivity contribution in [2.75, 3.05) is 24.5 Å². The van der Waals surface area contributed by atoms with Crippen molar-refractivity contribution in [3.05, 3.63) is 65.5 Å². The Balaban J connectivity index is 1.59. The largest absolute Gasteiger partial charge is 0.372 e. The molecule has 1 saturated heterocycles. The Morgan fingerprint density at radius 2 is 1.79 bits per heavy atom.